The topological polar surface area (TPSA) is 55.0 Å². The van der Waals surface area contributed by atoms with Gasteiger partial charge in [-0.15, -0.1) is 5.10 Å². The predicted octanol–water partition coefficient (Wildman–Crippen LogP) is 6.59. The van der Waals surface area contributed by atoms with Crippen molar-refractivity contribution >= 4 is 34.4 Å². The molecule has 1 aliphatic rings. The van der Waals surface area contributed by atoms with Crippen molar-refractivity contribution in [3.05, 3.63) is 101 Å². The van der Waals surface area contributed by atoms with E-state index in [2.05, 4.69) is 34.5 Å². The Balaban J connectivity index is 1.77. The normalized spacial score (nSPS) is 14.8. The molecule has 34 heavy (non-hydrogen) atoms. The maximum Gasteiger partial charge on any atom is 0.240 e. The number of nitrogens with zero attached hydrogens (tertiary/aromatic N) is 1. The highest BCUT2D eigenvalue weighted by Crippen LogP contribution is 2.45. The molecule has 0 atom stereocenters. The van der Waals surface area contributed by atoms with Crippen LogP contribution in [0.3, 0.4) is 0 Å². The Labute approximate surface area is 197 Å². The second kappa shape index (κ2) is 9.48. The van der Waals surface area contributed by atoms with Gasteiger partial charge in [0, 0.05) is 0 Å². The first kappa shape index (κ1) is 21.8. The molecular weight excluding hydrogens is 427 g/mol. The summed E-state index contributed by atoms with van der Waals surface area (Å²) >= 11 is 0. The van der Waals surface area contributed by atoms with Gasteiger partial charge in [0.2, 0.25) is 12.2 Å². The lowest BCUT2D eigenvalue weighted by Crippen LogP contribution is -2.15. The van der Waals surface area contributed by atoms with Crippen LogP contribution in [0.15, 0.2) is 72.8 Å². The summed E-state index contributed by atoms with van der Waals surface area (Å²) in [5.74, 6) is 0.695. The van der Waals surface area contributed by atoms with Gasteiger partial charge in [0.05, 0.1) is 18.0 Å². The molecule has 1 aliphatic carbocycles. The molecule has 5 rings (SSSR count). The number of benzene rings is 3. The van der Waals surface area contributed by atoms with Gasteiger partial charge in [-0.25, -0.2) is 0 Å². The van der Waals surface area contributed by atoms with Gasteiger partial charge in [0.1, 0.15) is 5.75 Å². The Kier molecular flexibility index (Phi) is 6.09. The van der Waals surface area contributed by atoms with E-state index in [1.165, 1.54) is 18.1 Å². The fourth-order valence-electron chi connectivity index (χ4n) is 4.58. The van der Waals surface area contributed by atoms with E-state index in [1.54, 1.807) is 19.5 Å². The summed E-state index contributed by atoms with van der Waals surface area (Å²) in [5, 5.41) is 6.95. The Morgan fingerprint density at radius 3 is 2.56 bits per heavy atom. The van der Waals surface area contributed by atoms with Crippen molar-refractivity contribution in [2.45, 2.75) is 19.3 Å². The number of ether oxygens (including phenoxy) is 1. The van der Waals surface area contributed by atoms with E-state index < -0.39 is 5.95 Å². The number of rotatable bonds is 7. The van der Waals surface area contributed by atoms with Crippen LogP contribution in [-0.2, 0) is 4.79 Å². The van der Waals surface area contributed by atoms with Crippen LogP contribution in [0.2, 0.25) is 0 Å². The van der Waals surface area contributed by atoms with E-state index in [1.807, 2.05) is 42.5 Å². The predicted molar refractivity (Wildman–Crippen MR) is 133 cm³/mol. The third-order valence-electron chi connectivity index (χ3n) is 6.51. The number of aromatic amines is 1. The maximum absolute atomic E-state index is 14.4. The molecule has 0 aliphatic heterocycles. The SMILES string of the molecule is COc1cccc(/C(=C(\c2ccc(/C=C/[C]=O)cc2)c2ccc3[nH]nc(F)c3c2)C2CCC2)c1. The van der Waals surface area contributed by atoms with Gasteiger partial charge < -0.3 is 4.74 Å². The number of halogens is 1. The summed E-state index contributed by atoms with van der Waals surface area (Å²) in [6, 6.07) is 22.0. The lowest BCUT2D eigenvalue weighted by Gasteiger charge is -2.32. The third-order valence-corrected chi connectivity index (χ3v) is 6.51. The van der Waals surface area contributed by atoms with Crippen molar-refractivity contribution in [3.63, 3.8) is 0 Å². The molecule has 1 aromatic heterocycles. The van der Waals surface area contributed by atoms with Crippen LogP contribution < -0.4 is 4.74 Å². The van der Waals surface area contributed by atoms with E-state index in [0.29, 0.717) is 16.8 Å². The summed E-state index contributed by atoms with van der Waals surface area (Å²) in [4.78, 5) is 10.6. The first-order valence-corrected chi connectivity index (χ1v) is 11.3. The number of methoxy groups -OCH3 is 1. The second-order valence-electron chi connectivity index (χ2n) is 8.50. The molecule has 4 aromatic rings. The van der Waals surface area contributed by atoms with E-state index in [4.69, 9.17) is 4.74 Å². The van der Waals surface area contributed by atoms with Crippen molar-refractivity contribution in [2.75, 3.05) is 7.11 Å². The van der Waals surface area contributed by atoms with Crippen LogP contribution in [0, 0.1) is 11.9 Å². The van der Waals surface area contributed by atoms with Gasteiger partial charge >= 0.3 is 0 Å². The zero-order chi connectivity index (χ0) is 23.5. The highest BCUT2D eigenvalue weighted by atomic mass is 19.1. The summed E-state index contributed by atoms with van der Waals surface area (Å²) in [6.45, 7) is 0. The van der Waals surface area contributed by atoms with Crippen molar-refractivity contribution < 1.29 is 13.9 Å². The minimum absolute atomic E-state index is 0.399. The minimum atomic E-state index is -0.506. The molecule has 1 radical (unpaired) electrons. The average Bonchev–Trinajstić information content (AvgIpc) is 3.22. The van der Waals surface area contributed by atoms with Gasteiger partial charge in [-0.2, -0.15) is 4.39 Å². The van der Waals surface area contributed by atoms with E-state index in [-0.39, 0.29) is 0 Å². The van der Waals surface area contributed by atoms with Crippen molar-refractivity contribution in [2.24, 2.45) is 5.92 Å². The molecule has 0 saturated heterocycles. The number of carbonyl (C=O) groups excluding carboxylic acids is 1. The molecule has 1 saturated carbocycles. The van der Waals surface area contributed by atoms with Crippen LogP contribution >= 0.6 is 0 Å². The van der Waals surface area contributed by atoms with E-state index in [0.717, 1.165) is 46.4 Å². The molecule has 1 N–H and O–H groups in total. The quantitative estimate of drug-likeness (QED) is 0.255. The number of fused-ring (bicyclic) bond motifs is 1. The molecule has 0 unspecified atom stereocenters. The molecule has 0 amide bonds. The third kappa shape index (κ3) is 4.17. The lowest BCUT2D eigenvalue weighted by molar-refractivity contribution is 0.400. The Morgan fingerprint density at radius 1 is 1.06 bits per heavy atom. The van der Waals surface area contributed by atoms with Crippen molar-refractivity contribution in [1.29, 1.82) is 0 Å². The Hall–Kier alpha value is -3.99. The highest BCUT2D eigenvalue weighted by molar-refractivity contribution is 6.01. The van der Waals surface area contributed by atoms with Gasteiger partial charge in [-0.1, -0.05) is 55.0 Å². The van der Waals surface area contributed by atoms with Gasteiger partial charge in [-0.3, -0.25) is 9.89 Å². The van der Waals surface area contributed by atoms with Crippen molar-refractivity contribution in [1.82, 2.24) is 10.2 Å². The van der Waals surface area contributed by atoms with Crippen LogP contribution in [0.4, 0.5) is 4.39 Å². The molecule has 4 nitrogen and oxygen atoms in total. The highest BCUT2D eigenvalue weighted by Gasteiger charge is 2.27. The number of hydrogen-bond donors (Lipinski definition) is 1. The molecule has 1 fully saturated rings. The van der Waals surface area contributed by atoms with Gasteiger partial charge in [-0.05, 0) is 82.5 Å². The smallest absolute Gasteiger partial charge is 0.240 e. The molecule has 0 bridgehead atoms. The number of allylic oxidation sites excluding steroid dienone is 2. The van der Waals surface area contributed by atoms with Crippen LogP contribution in [0.25, 0.3) is 28.1 Å². The number of hydrogen-bond acceptors (Lipinski definition) is 3. The lowest BCUT2D eigenvalue weighted by atomic mass is 9.73. The van der Waals surface area contributed by atoms with Crippen LogP contribution in [0.5, 0.6) is 5.75 Å². The molecule has 3 aromatic carbocycles. The largest absolute Gasteiger partial charge is 0.497 e. The molecule has 169 valence electrons. The maximum atomic E-state index is 14.4. The number of nitrogens with one attached hydrogen (secondary N) is 1. The number of aromatic nitrogens is 2. The molecule has 5 heteroatoms. The first-order chi connectivity index (χ1) is 16.7. The van der Waals surface area contributed by atoms with Crippen molar-refractivity contribution in [3.8, 4) is 5.75 Å². The van der Waals surface area contributed by atoms with Gasteiger partial charge in [0.25, 0.3) is 0 Å². The monoisotopic (exact) mass is 451 g/mol. The average molecular weight is 452 g/mol. The molecular formula is C29H24FN2O2. The fraction of sp³-hybridized carbons (Fsp3) is 0.172. The van der Waals surface area contributed by atoms with E-state index >= 15 is 0 Å². The molecule has 1 heterocycles. The Bertz CT molecular complexity index is 1400. The summed E-state index contributed by atoms with van der Waals surface area (Å²) in [7, 11) is 1.67. The standard InChI is InChI=1S/C29H24FN2O2/c1-34-24-9-3-8-22(17-24)27(20-6-2-7-20)28(21-12-10-19(11-13-21)5-4-16-33)23-14-15-26-25(18-23)29(30)32-31-26/h3-5,8-15,17-18,20H,2,6-7H2,1H3,(H,31,32)/b5-4+,28-27+. The Morgan fingerprint density at radius 2 is 1.85 bits per heavy atom. The first-order valence-electron chi connectivity index (χ1n) is 11.3. The fourth-order valence-corrected chi connectivity index (χ4v) is 4.58. The minimum Gasteiger partial charge on any atom is -0.497 e. The van der Waals surface area contributed by atoms with Crippen LogP contribution in [-0.4, -0.2) is 23.6 Å². The second-order valence-corrected chi connectivity index (χ2v) is 8.50. The summed E-state index contributed by atoms with van der Waals surface area (Å²) in [5.41, 5.74) is 6.94. The zero-order valence-corrected chi connectivity index (χ0v) is 18.8. The summed E-state index contributed by atoms with van der Waals surface area (Å²) in [6.07, 6.45) is 8.26. The zero-order valence-electron chi connectivity index (χ0n) is 18.8. The molecule has 0 spiro atoms. The summed E-state index contributed by atoms with van der Waals surface area (Å²) < 4.78 is 19.9. The van der Waals surface area contributed by atoms with Gasteiger partial charge in [0.15, 0.2) is 0 Å². The van der Waals surface area contributed by atoms with E-state index in [9.17, 15) is 9.18 Å². The number of H-pyrrole nitrogens is 1. The van der Waals surface area contributed by atoms with Crippen LogP contribution in [0.1, 0.15) is 41.5 Å².